The maximum Gasteiger partial charge on any atom is 0.158 e. The molecule has 0 aliphatic heterocycles. The van der Waals surface area contributed by atoms with Gasteiger partial charge in [-0.05, 0) is 24.0 Å². The summed E-state index contributed by atoms with van der Waals surface area (Å²) in [5.74, 6) is 0.900. The topological polar surface area (TPSA) is 30.7 Å². The molecule has 0 spiro atoms. The van der Waals surface area contributed by atoms with Crippen molar-refractivity contribution in [1.82, 2.24) is 14.8 Å². The number of hydrogen-bond acceptors (Lipinski definition) is 2. The van der Waals surface area contributed by atoms with Crippen molar-refractivity contribution in [2.45, 2.75) is 39.5 Å². The smallest absolute Gasteiger partial charge is 0.158 e. The molecule has 0 aromatic carbocycles. The van der Waals surface area contributed by atoms with E-state index in [9.17, 15) is 0 Å². The molecule has 0 bridgehead atoms. The predicted octanol–water partition coefficient (Wildman–Crippen LogP) is 3.22. The van der Waals surface area contributed by atoms with Crippen molar-refractivity contribution < 1.29 is 0 Å². The third kappa shape index (κ3) is 1.70. The largest absolute Gasteiger partial charge is 0.250 e. The van der Waals surface area contributed by atoms with Crippen LogP contribution in [0, 0.1) is 0 Å². The predicted molar refractivity (Wildman–Crippen MR) is 66.7 cm³/mol. The van der Waals surface area contributed by atoms with Gasteiger partial charge in [0.2, 0.25) is 0 Å². The fraction of sp³-hybridized carbons (Fsp3) is 0.538. The van der Waals surface area contributed by atoms with E-state index < -0.39 is 0 Å². The van der Waals surface area contributed by atoms with Gasteiger partial charge in [0.25, 0.3) is 0 Å². The Morgan fingerprint density at radius 1 is 1.06 bits per heavy atom. The summed E-state index contributed by atoms with van der Waals surface area (Å²) in [5, 5.41) is 5.73. The Bertz CT molecular complexity index is 509. The number of pyridine rings is 1. The summed E-state index contributed by atoms with van der Waals surface area (Å²) in [7, 11) is 1.96. The molecule has 0 radical (unpaired) electrons. The van der Waals surface area contributed by atoms with Gasteiger partial charge in [0.05, 0.1) is 5.69 Å². The van der Waals surface area contributed by atoms with Gasteiger partial charge in [-0.15, -0.1) is 0 Å². The highest BCUT2D eigenvalue weighted by Gasteiger charge is 2.13. The van der Waals surface area contributed by atoms with Gasteiger partial charge >= 0.3 is 0 Å². The van der Waals surface area contributed by atoms with Crippen LogP contribution in [0.2, 0.25) is 0 Å². The molecule has 2 aromatic rings. The Kier molecular flexibility index (Phi) is 2.70. The van der Waals surface area contributed by atoms with Crippen molar-refractivity contribution in [3.8, 4) is 0 Å². The maximum atomic E-state index is 4.68. The van der Waals surface area contributed by atoms with E-state index >= 15 is 0 Å². The van der Waals surface area contributed by atoms with Gasteiger partial charge in [0.15, 0.2) is 5.65 Å². The number of aromatic nitrogens is 3. The lowest BCUT2D eigenvalue weighted by Crippen LogP contribution is -1.96. The van der Waals surface area contributed by atoms with Gasteiger partial charge in [-0.2, -0.15) is 5.10 Å². The zero-order valence-electron chi connectivity index (χ0n) is 10.7. The van der Waals surface area contributed by atoms with Crippen molar-refractivity contribution in [1.29, 1.82) is 0 Å². The summed E-state index contributed by atoms with van der Waals surface area (Å²) >= 11 is 0. The van der Waals surface area contributed by atoms with Crippen LogP contribution in [0.4, 0.5) is 0 Å². The van der Waals surface area contributed by atoms with E-state index in [4.69, 9.17) is 0 Å². The van der Waals surface area contributed by atoms with E-state index in [-0.39, 0.29) is 0 Å². The molecule has 2 heterocycles. The summed E-state index contributed by atoms with van der Waals surface area (Å²) in [5.41, 5.74) is 3.26. The molecule has 3 nitrogen and oxygen atoms in total. The SMILES string of the molecule is CC(C)c1ccc2c(C(C)C)nn(C)c2n1. The normalized spacial score (nSPS) is 11.9. The third-order valence-corrected chi connectivity index (χ3v) is 2.88. The van der Waals surface area contributed by atoms with Crippen molar-refractivity contribution in [2.24, 2.45) is 7.05 Å². The fourth-order valence-corrected chi connectivity index (χ4v) is 1.92. The van der Waals surface area contributed by atoms with Gasteiger partial charge in [-0.1, -0.05) is 27.7 Å². The summed E-state index contributed by atoms with van der Waals surface area (Å²) in [4.78, 5) is 4.68. The van der Waals surface area contributed by atoms with E-state index in [1.54, 1.807) is 0 Å². The van der Waals surface area contributed by atoms with Crippen LogP contribution in [0.25, 0.3) is 11.0 Å². The minimum atomic E-state index is 0.440. The van der Waals surface area contributed by atoms with Crippen molar-refractivity contribution >= 4 is 11.0 Å². The molecule has 0 saturated carbocycles. The summed E-state index contributed by atoms with van der Waals surface area (Å²) in [6.45, 7) is 8.65. The van der Waals surface area contributed by atoms with Crippen molar-refractivity contribution in [3.63, 3.8) is 0 Å². The monoisotopic (exact) mass is 217 g/mol. The first-order valence-corrected chi connectivity index (χ1v) is 5.84. The second kappa shape index (κ2) is 3.89. The van der Waals surface area contributed by atoms with Crippen LogP contribution >= 0.6 is 0 Å². The molecule has 2 aromatic heterocycles. The van der Waals surface area contributed by atoms with Gasteiger partial charge in [-0.3, -0.25) is 4.68 Å². The van der Waals surface area contributed by atoms with Crippen LogP contribution in [0.3, 0.4) is 0 Å². The molecule has 0 saturated heterocycles. The molecule has 0 aliphatic carbocycles. The first-order valence-electron chi connectivity index (χ1n) is 5.84. The Morgan fingerprint density at radius 3 is 2.31 bits per heavy atom. The molecule has 3 heteroatoms. The molecule has 16 heavy (non-hydrogen) atoms. The Labute approximate surface area is 96.5 Å². The maximum absolute atomic E-state index is 4.68. The zero-order valence-corrected chi connectivity index (χ0v) is 10.7. The van der Waals surface area contributed by atoms with Crippen LogP contribution in [0.15, 0.2) is 12.1 Å². The van der Waals surface area contributed by atoms with E-state index in [0.717, 1.165) is 17.0 Å². The molecule has 0 fully saturated rings. The summed E-state index contributed by atoms with van der Waals surface area (Å²) < 4.78 is 1.89. The van der Waals surface area contributed by atoms with Gasteiger partial charge in [0, 0.05) is 18.1 Å². The number of rotatable bonds is 2. The number of aryl methyl sites for hydroxylation is 1. The minimum Gasteiger partial charge on any atom is -0.250 e. The first-order chi connectivity index (χ1) is 7.50. The molecule has 86 valence electrons. The standard InChI is InChI=1S/C13H19N3/c1-8(2)11-7-6-10-12(9(3)4)15-16(5)13(10)14-11/h6-9H,1-5H3. The highest BCUT2D eigenvalue weighted by atomic mass is 15.3. The third-order valence-electron chi connectivity index (χ3n) is 2.88. The van der Waals surface area contributed by atoms with Crippen LogP contribution < -0.4 is 0 Å². The molecule has 0 aliphatic rings. The van der Waals surface area contributed by atoms with Crippen LogP contribution in [-0.4, -0.2) is 14.8 Å². The fourth-order valence-electron chi connectivity index (χ4n) is 1.92. The number of nitrogens with zero attached hydrogens (tertiary/aromatic N) is 3. The van der Waals surface area contributed by atoms with Gasteiger partial charge in [0.1, 0.15) is 0 Å². The van der Waals surface area contributed by atoms with E-state index in [2.05, 4.69) is 49.9 Å². The van der Waals surface area contributed by atoms with Crippen molar-refractivity contribution in [2.75, 3.05) is 0 Å². The Morgan fingerprint density at radius 2 is 1.75 bits per heavy atom. The summed E-state index contributed by atoms with van der Waals surface area (Å²) in [6, 6.07) is 4.26. The van der Waals surface area contributed by atoms with Crippen molar-refractivity contribution in [3.05, 3.63) is 23.5 Å². The molecule has 0 N–H and O–H groups in total. The molecule has 2 rings (SSSR count). The lowest BCUT2D eigenvalue weighted by molar-refractivity contribution is 0.721. The molecular weight excluding hydrogens is 198 g/mol. The number of fused-ring (bicyclic) bond motifs is 1. The Balaban J connectivity index is 2.67. The average Bonchev–Trinajstić information content (AvgIpc) is 2.56. The molecule has 0 unspecified atom stereocenters. The van der Waals surface area contributed by atoms with Crippen LogP contribution in [0.1, 0.15) is 50.9 Å². The second-order valence-corrected chi connectivity index (χ2v) is 4.93. The average molecular weight is 217 g/mol. The molecule has 0 amide bonds. The summed E-state index contributed by atoms with van der Waals surface area (Å²) in [6.07, 6.45) is 0. The highest BCUT2D eigenvalue weighted by molar-refractivity contribution is 5.79. The second-order valence-electron chi connectivity index (χ2n) is 4.93. The van der Waals surface area contributed by atoms with Crippen LogP contribution in [-0.2, 0) is 7.05 Å². The Hall–Kier alpha value is -1.38. The van der Waals surface area contributed by atoms with Gasteiger partial charge < -0.3 is 0 Å². The quantitative estimate of drug-likeness (QED) is 0.773. The minimum absolute atomic E-state index is 0.440. The van der Waals surface area contributed by atoms with E-state index in [0.29, 0.717) is 11.8 Å². The molecular formula is C13H19N3. The van der Waals surface area contributed by atoms with E-state index in [1.807, 2.05) is 11.7 Å². The van der Waals surface area contributed by atoms with Crippen LogP contribution in [0.5, 0.6) is 0 Å². The highest BCUT2D eigenvalue weighted by Crippen LogP contribution is 2.24. The molecule has 0 atom stereocenters. The first kappa shape index (κ1) is 11.1. The van der Waals surface area contributed by atoms with Gasteiger partial charge in [-0.25, -0.2) is 4.98 Å². The number of hydrogen-bond donors (Lipinski definition) is 0. The lowest BCUT2D eigenvalue weighted by atomic mass is 10.1. The van der Waals surface area contributed by atoms with E-state index in [1.165, 1.54) is 5.39 Å². The lowest BCUT2D eigenvalue weighted by Gasteiger charge is -2.04. The zero-order chi connectivity index (χ0) is 11.9.